The van der Waals surface area contributed by atoms with Crippen molar-refractivity contribution in [3.05, 3.63) is 77.9 Å². The van der Waals surface area contributed by atoms with Crippen molar-refractivity contribution >= 4 is 16.8 Å². The summed E-state index contributed by atoms with van der Waals surface area (Å²) in [5, 5.41) is 3.79. The molecule has 0 aliphatic carbocycles. The van der Waals surface area contributed by atoms with E-state index in [1.807, 2.05) is 56.3 Å². The zero-order valence-electron chi connectivity index (χ0n) is 14.5. The fourth-order valence-electron chi connectivity index (χ4n) is 2.95. The maximum absolute atomic E-state index is 13.0. The number of aryl methyl sites for hydroxylation is 1. The van der Waals surface area contributed by atoms with Crippen LogP contribution in [-0.4, -0.2) is 10.9 Å². The van der Waals surface area contributed by atoms with Crippen LogP contribution in [0.1, 0.15) is 34.8 Å². The molecular formula is C21H18N2O3. The van der Waals surface area contributed by atoms with Crippen LogP contribution in [-0.2, 0) is 0 Å². The SMILES string of the molecule is Cc1ccc([C@H](C)NC(=O)c2cc(-c3ccco3)nc3ccccc23)o1. The van der Waals surface area contributed by atoms with Gasteiger partial charge in [0.2, 0.25) is 0 Å². The molecule has 26 heavy (non-hydrogen) atoms. The van der Waals surface area contributed by atoms with Crippen molar-refractivity contribution in [3.8, 4) is 11.5 Å². The second kappa shape index (κ2) is 6.52. The highest BCUT2D eigenvalue weighted by Gasteiger charge is 2.18. The Bertz CT molecular complexity index is 1060. The summed E-state index contributed by atoms with van der Waals surface area (Å²) < 4.78 is 11.1. The zero-order chi connectivity index (χ0) is 18.1. The third kappa shape index (κ3) is 2.99. The predicted octanol–water partition coefficient (Wildman–Crippen LogP) is 4.89. The second-order valence-electron chi connectivity index (χ2n) is 6.19. The fraction of sp³-hybridized carbons (Fsp3) is 0.143. The minimum atomic E-state index is -0.241. The molecule has 0 radical (unpaired) electrons. The van der Waals surface area contributed by atoms with Crippen molar-refractivity contribution in [1.29, 1.82) is 0 Å². The molecular weight excluding hydrogens is 328 g/mol. The summed E-state index contributed by atoms with van der Waals surface area (Å²) in [7, 11) is 0. The molecule has 0 saturated heterocycles. The largest absolute Gasteiger partial charge is 0.464 e. The van der Waals surface area contributed by atoms with Crippen LogP contribution in [0.15, 0.2) is 69.7 Å². The van der Waals surface area contributed by atoms with Gasteiger partial charge in [0.15, 0.2) is 5.76 Å². The average Bonchev–Trinajstić information content (AvgIpc) is 3.32. The van der Waals surface area contributed by atoms with E-state index in [-0.39, 0.29) is 11.9 Å². The molecule has 0 bridgehead atoms. The Kier molecular flexibility index (Phi) is 4.05. The van der Waals surface area contributed by atoms with Crippen molar-refractivity contribution in [3.63, 3.8) is 0 Å². The molecule has 3 heterocycles. The number of carbonyl (C=O) groups is 1. The normalized spacial score (nSPS) is 12.2. The van der Waals surface area contributed by atoms with E-state index in [0.29, 0.717) is 17.0 Å². The van der Waals surface area contributed by atoms with Crippen molar-refractivity contribution in [2.24, 2.45) is 0 Å². The summed E-state index contributed by atoms with van der Waals surface area (Å²) in [6, 6.07) is 16.5. The third-order valence-corrected chi connectivity index (χ3v) is 4.27. The first kappa shape index (κ1) is 16.1. The first-order chi connectivity index (χ1) is 12.6. The van der Waals surface area contributed by atoms with Crippen LogP contribution < -0.4 is 5.32 Å². The smallest absolute Gasteiger partial charge is 0.252 e. The molecule has 130 valence electrons. The summed E-state index contributed by atoms with van der Waals surface area (Å²) in [5.41, 5.74) is 1.92. The van der Waals surface area contributed by atoms with Crippen molar-refractivity contribution in [2.75, 3.05) is 0 Å². The number of nitrogens with one attached hydrogen (secondary N) is 1. The zero-order valence-corrected chi connectivity index (χ0v) is 14.5. The molecule has 1 amide bonds. The van der Waals surface area contributed by atoms with E-state index in [4.69, 9.17) is 8.83 Å². The van der Waals surface area contributed by atoms with Crippen LogP contribution in [0.3, 0.4) is 0 Å². The monoisotopic (exact) mass is 346 g/mol. The Hall–Kier alpha value is -3.34. The average molecular weight is 346 g/mol. The number of hydrogen-bond donors (Lipinski definition) is 1. The molecule has 4 aromatic rings. The lowest BCUT2D eigenvalue weighted by Crippen LogP contribution is -2.26. The second-order valence-corrected chi connectivity index (χ2v) is 6.19. The number of hydrogen-bond acceptors (Lipinski definition) is 4. The number of aromatic nitrogens is 1. The highest BCUT2D eigenvalue weighted by Crippen LogP contribution is 2.26. The molecule has 5 nitrogen and oxygen atoms in total. The Balaban J connectivity index is 1.73. The van der Waals surface area contributed by atoms with E-state index in [2.05, 4.69) is 10.3 Å². The molecule has 0 spiro atoms. The summed E-state index contributed by atoms with van der Waals surface area (Å²) in [6.45, 7) is 3.77. The van der Waals surface area contributed by atoms with Crippen LogP contribution in [0.2, 0.25) is 0 Å². The van der Waals surface area contributed by atoms with Gasteiger partial charge in [-0.15, -0.1) is 0 Å². The van der Waals surface area contributed by atoms with Crippen LogP contribution in [0, 0.1) is 6.92 Å². The Labute approximate surface area is 150 Å². The van der Waals surface area contributed by atoms with Gasteiger partial charge >= 0.3 is 0 Å². The molecule has 1 atom stereocenters. The summed E-state index contributed by atoms with van der Waals surface area (Å²) in [5.74, 6) is 1.98. The minimum Gasteiger partial charge on any atom is -0.464 e. The predicted molar refractivity (Wildman–Crippen MR) is 98.8 cm³/mol. The Morgan fingerprint density at radius 1 is 1.12 bits per heavy atom. The summed E-state index contributed by atoms with van der Waals surface area (Å²) in [4.78, 5) is 17.6. The molecule has 0 fully saturated rings. The van der Waals surface area contributed by atoms with Crippen molar-refractivity contribution < 1.29 is 13.6 Å². The van der Waals surface area contributed by atoms with E-state index < -0.39 is 0 Å². The van der Waals surface area contributed by atoms with E-state index in [9.17, 15) is 4.79 Å². The standard InChI is InChI=1S/C21H18N2O3/c1-13-9-10-19(26-13)14(2)22-21(24)16-12-18(20-8-5-11-25-20)23-17-7-4-3-6-15(16)17/h3-12,14H,1-2H3,(H,22,24)/t14-/m0/s1. The molecule has 5 heteroatoms. The van der Waals surface area contributed by atoms with Gasteiger partial charge in [0.1, 0.15) is 17.2 Å². The van der Waals surface area contributed by atoms with E-state index in [1.54, 1.807) is 18.4 Å². The number of benzene rings is 1. The summed E-state index contributed by atoms with van der Waals surface area (Å²) in [6.07, 6.45) is 1.59. The lowest BCUT2D eigenvalue weighted by Gasteiger charge is -2.13. The molecule has 1 aromatic carbocycles. The molecule has 0 aliphatic heterocycles. The minimum absolute atomic E-state index is 0.182. The van der Waals surface area contributed by atoms with Gasteiger partial charge in [-0.2, -0.15) is 0 Å². The topological polar surface area (TPSA) is 68.3 Å². The molecule has 1 N–H and O–H groups in total. The van der Waals surface area contributed by atoms with E-state index in [0.717, 1.165) is 22.4 Å². The number of amides is 1. The van der Waals surface area contributed by atoms with Gasteiger partial charge in [-0.1, -0.05) is 18.2 Å². The number of furan rings is 2. The molecule has 3 aromatic heterocycles. The van der Waals surface area contributed by atoms with Gasteiger partial charge in [-0.25, -0.2) is 4.98 Å². The van der Waals surface area contributed by atoms with Gasteiger partial charge in [-0.05, 0) is 50.2 Å². The fourth-order valence-corrected chi connectivity index (χ4v) is 2.95. The number of pyridine rings is 1. The Morgan fingerprint density at radius 3 is 2.69 bits per heavy atom. The molecule has 0 saturated carbocycles. The highest BCUT2D eigenvalue weighted by molar-refractivity contribution is 6.07. The maximum Gasteiger partial charge on any atom is 0.252 e. The number of rotatable bonds is 4. The maximum atomic E-state index is 13.0. The van der Waals surface area contributed by atoms with Gasteiger partial charge in [0.25, 0.3) is 5.91 Å². The highest BCUT2D eigenvalue weighted by atomic mass is 16.3. The number of nitrogens with zero attached hydrogens (tertiary/aromatic N) is 1. The Morgan fingerprint density at radius 2 is 1.96 bits per heavy atom. The van der Waals surface area contributed by atoms with Crippen LogP contribution in [0.4, 0.5) is 0 Å². The first-order valence-corrected chi connectivity index (χ1v) is 8.42. The molecule has 0 unspecified atom stereocenters. The van der Waals surface area contributed by atoms with Crippen LogP contribution in [0.5, 0.6) is 0 Å². The van der Waals surface area contributed by atoms with Gasteiger partial charge < -0.3 is 14.2 Å². The molecule has 0 aliphatic rings. The van der Waals surface area contributed by atoms with Crippen molar-refractivity contribution in [2.45, 2.75) is 19.9 Å². The lowest BCUT2D eigenvalue weighted by atomic mass is 10.1. The van der Waals surface area contributed by atoms with Gasteiger partial charge in [0, 0.05) is 5.39 Å². The lowest BCUT2D eigenvalue weighted by molar-refractivity contribution is 0.0937. The van der Waals surface area contributed by atoms with E-state index >= 15 is 0 Å². The summed E-state index contributed by atoms with van der Waals surface area (Å²) >= 11 is 0. The van der Waals surface area contributed by atoms with Gasteiger partial charge in [0.05, 0.1) is 23.4 Å². The third-order valence-electron chi connectivity index (χ3n) is 4.27. The molecule has 4 rings (SSSR count). The van der Waals surface area contributed by atoms with E-state index in [1.165, 1.54) is 0 Å². The van der Waals surface area contributed by atoms with Gasteiger partial charge in [-0.3, -0.25) is 4.79 Å². The quantitative estimate of drug-likeness (QED) is 0.571. The number of carbonyl (C=O) groups excluding carboxylic acids is 1. The number of fused-ring (bicyclic) bond motifs is 1. The van der Waals surface area contributed by atoms with Crippen molar-refractivity contribution in [1.82, 2.24) is 10.3 Å². The first-order valence-electron chi connectivity index (χ1n) is 8.42. The van der Waals surface area contributed by atoms with Crippen LogP contribution in [0.25, 0.3) is 22.4 Å². The number of para-hydroxylation sites is 1. The van der Waals surface area contributed by atoms with Crippen LogP contribution >= 0.6 is 0 Å².